The normalized spacial score (nSPS) is 24.3. The van der Waals surface area contributed by atoms with E-state index in [2.05, 4.69) is 10.4 Å². The Bertz CT molecular complexity index is 919. The van der Waals surface area contributed by atoms with Gasteiger partial charge in [0.1, 0.15) is 11.9 Å². The van der Waals surface area contributed by atoms with Gasteiger partial charge in [-0.15, -0.1) is 11.8 Å². The lowest BCUT2D eigenvalue weighted by Crippen LogP contribution is -2.48. The van der Waals surface area contributed by atoms with E-state index in [1.807, 2.05) is 19.1 Å². The quantitative estimate of drug-likeness (QED) is 0.813. The van der Waals surface area contributed by atoms with Crippen LogP contribution in [0.25, 0.3) is 0 Å². The molecule has 9 heteroatoms. The van der Waals surface area contributed by atoms with Crippen molar-refractivity contribution in [2.45, 2.75) is 37.2 Å². The van der Waals surface area contributed by atoms with Crippen LogP contribution in [0.15, 0.2) is 30.5 Å². The molecule has 4 rings (SSSR count). The van der Waals surface area contributed by atoms with Crippen LogP contribution >= 0.6 is 35.0 Å². The summed E-state index contributed by atoms with van der Waals surface area (Å²) in [5.74, 6) is 1.01. The van der Waals surface area contributed by atoms with Crippen LogP contribution < -0.4 is 5.32 Å². The van der Waals surface area contributed by atoms with Gasteiger partial charge in [0.2, 0.25) is 11.8 Å². The molecule has 2 atom stereocenters. The molecule has 142 valence electrons. The van der Waals surface area contributed by atoms with Crippen molar-refractivity contribution >= 4 is 52.6 Å². The van der Waals surface area contributed by atoms with E-state index in [0.717, 1.165) is 12.0 Å². The second-order valence-corrected chi connectivity index (χ2v) is 9.13. The third kappa shape index (κ3) is 3.32. The van der Waals surface area contributed by atoms with E-state index in [4.69, 9.17) is 23.2 Å². The molecule has 2 amide bonds. The number of nitrogens with zero attached hydrogens (tertiary/aromatic N) is 3. The lowest BCUT2D eigenvalue weighted by Gasteiger charge is -2.29. The molecular formula is C18H18Cl2N4O2S. The zero-order chi connectivity index (χ0) is 19.2. The van der Waals surface area contributed by atoms with Gasteiger partial charge in [0, 0.05) is 18.2 Å². The topological polar surface area (TPSA) is 67.2 Å². The van der Waals surface area contributed by atoms with E-state index >= 15 is 0 Å². The molecule has 2 aliphatic heterocycles. The Balaban J connectivity index is 1.51. The molecule has 0 saturated carbocycles. The van der Waals surface area contributed by atoms with Crippen LogP contribution in [0.3, 0.4) is 0 Å². The average Bonchev–Trinajstić information content (AvgIpc) is 3.28. The highest BCUT2D eigenvalue weighted by Gasteiger charge is 2.52. The molecule has 1 N–H and O–H groups in total. The van der Waals surface area contributed by atoms with E-state index in [9.17, 15) is 9.59 Å². The lowest BCUT2D eigenvalue weighted by atomic mass is 10.2. The first kappa shape index (κ1) is 18.7. The number of fused-ring (bicyclic) bond motifs is 1. The van der Waals surface area contributed by atoms with E-state index in [1.54, 1.807) is 39.7 Å². The summed E-state index contributed by atoms with van der Waals surface area (Å²) in [5, 5.41) is 8.13. The Morgan fingerprint density at radius 2 is 2.22 bits per heavy atom. The standard InChI is InChI=1S/C18H18Cl2N4O2S/c1-18-7-5-15(25)24(18)13(10-27-18)17(26)22-14-6-8-21-23(14)9-11-3-2-4-12(19)16(11)20/h2-4,6,8,13H,5,7,9-10H2,1H3,(H,22,26). The third-order valence-corrected chi connectivity index (χ3v) is 7.43. The second kappa shape index (κ2) is 7.04. The number of rotatable bonds is 4. The van der Waals surface area contributed by atoms with Gasteiger partial charge in [-0.3, -0.25) is 9.59 Å². The summed E-state index contributed by atoms with van der Waals surface area (Å²) >= 11 is 14.0. The summed E-state index contributed by atoms with van der Waals surface area (Å²) in [6, 6.07) is 6.67. The minimum atomic E-state index is -0.465. The number of thioether (sulfide) groups is 1. The first-order chi connectivity index (χ1) is 12.9. The molecule has 1 aromatic heterocycles. The van der Waals surface area contributed by atoms with Crippen LogP contribution in [0.1, 0.15) is 25.3 Å². The van der Waals surface area contributed by atoms with Crippen molar-refractivity contribution in [1.82, 2.24) is 14.7 Å². The van der Waals surface area contributed by atoms with Crippen LogP contribution in [-0.4, -0.2) is 43.2 Å². The number of hydrogen-bond donors (Lipinski definition) is 1. The fourth-order valence-electron chi connectivity index (χ4n) is 3.62. The number of carbonyl (C=O) groups excluding carboxylic acids is 2. The Morgan fingerprint density at radius 1 is 1.41 bits per heavy atom. The molecule has 3 heterocycles. The maximum absolute atomic E-state index is 12.9. The van der Waals surface area contributed by atoms with E-state index in [0.29, 0.717) is 34.6 Å². The summed E-state index contributed by atoms with van der Waals surface area (Å²) in [5.41, 5.74) is 0.807. The van der Waals surface area contributed by atoms with Gasteiger partial charge >= 0.3 is 0 Å². The molecule has 2 fully saturated rings. The van der Waals surface area contributed by atoms with Crippen molar-refractivity contribution in [3.05, 3.63) is 46.1 Å². The van der Waals surface area contributed by atoms with Gasteiger partial charge in [-0.25, -0.2) is 4.68 Å². The summed E-state index contributed by atoms with van der Waals surface area (Å²) in [6.45, 7) is 2.41. The van der Waals surface area contributed by atoms with Crippen LogP contribution in [0.5, 0.6) is 0 Å². The largest absolute Gasteiger partial charge is 0.315 e. The molecule has 27 heavy (non-hydrogen) atoms. The van der Waals surface area contributed by atoms with Gasteiger partial charge in [0.15, 0.2) is 0 Å². The highest BCUT2D eigenvalue weighted by molar-refractivity contribution is 8.01. The van der Waals surface area contributed by atoms with Crippen molar-refractivity contribution in [2.75, 3.05) is 11.1 Å². The molecule has 0 bridgehead atoms. The molecule has 0 spiro atoms. The van der Waals surface area contributed by atoms with Crippen molar-refractivity contribution in [3.63, 3.8) is 0 Å². The average molecular weight is 425 g/mol. The molecule has 2 aliphatic rings. The minimum absolute atomic E-state index is 0.0434. The molecule has 2 saturated heterocycles. The first-order valence-electron chi connectivity index (χ1n) is 8.61. The fourth-order valence-corrected chi connectivity index (χ4v) is 5.43. The highest BCUT2D eigenvalue weighted by Crippen LogP contribution is 2.47. The van der Waals surface area contributed by atoms with E-state index in [1.165, 1.54) is 0 Å². The molecule has 6 nitrogen and oxygen atoms in total. The van der Waals surface area contributed by atoms with Gasteiger partial charge in [0.05, 0.1) is 27.7 Å². The molecule has 0 aliphatic carbocycles. The van der Waals surface area contributed by atoms with Gasteiger partial charge in [0.25, 0.3) is 0 Å². The fraction of sp³-hybridized carbons (Fsp3) is 0.389. The van der Waals surface area contributed by atoms with Crippen molar-refractivity contribution in [2.24, 2.45) is 0 Å². The van der Waals surface area contributed by atoms with Gasteiger partial charge in [-0.1, -0.05) is 35.3 Å². The molecule has 2 unspecified atom stereocenters. The molecule has 1 aromatic carbocycles. The number of halogens is 2. The minimum Gasteiger partial charge on any atom is -0.315 e. The Labute approximate surface area is 171 Å². The summed E-state index contributed by atoms with van der Waals surface area (Å²) in [4.78, 5) is 26.6. The molecule has 2 aromatic rings. The summed E-state index contributed by atoms with van der Waals surface area (Å²) < 4.78 is 1.66. The highest BCUT2D eigenvalue weighted by atomic mass is 35.5. The van der Waals surface area contributed by atoms with Crippen LogP contribution in [-0.2, 0) is 16.1 Å². The lowest BCUT2D eigenvalue weighted by molar-refractivity contribution is -0.135. The summed E-state index contributed by atoms with van der Waals surface area (Å²) in [7, 11) is 0. The van der Waals surface area contributed by atoms with Gasteiger partial charge in [-0.2, -0.15) is 5.10 Å². The first-order valence-corrected chi connectivity index (χ1v) is 10.3. The molecular weight excluding hydrogens is 407 g/mol. The SMILES string of the molecule is CC12CCC(=O)N1C(C(=O)Nc1ccnn1Cc1cccc(Cl)c1Cl)CS2. The Morgan fingerprint density at radius 3 is 3.04 bits per heavy atom. The number of aromatic nitrogens is 2. The molecule has 0 radical (unpaired) electrons. The van der Waals surface area contributed by atoms with Crippen LogP contribution in [0.2, 0.25) is 10.0 Å². The third-order valence-electron chi connectivity index (χ3n) is 5.07. The van der Waals surface area contributed by atoms with Gasteiger partial charge < -0.3 is 10.2 Å². The predicted molar refractivity (Wildman–Crippen MR) is 107 cm³/mol. The Kier molecular flexibility index (Phi) is 4.86. The van der Waals surface area contributed by atoms with Crippen molar-refractivity contribution in [3.8, 4) is 0 Å². The number of nitrogens with one attached hydrogen (secondary N) is 1. The maximum Gasteiger partial charge on any atom is 0.249 e. The Hall–Kier alpha value is -1.70. The number of amides is 2. The summed E-state index contributed by atoms with van der Waals surface area (Å²) in [6.07, 6.45) is 2.90. The van der Waals surface area contributed by atoms with E-state index < -0.39 is 6.04 Å². The van der Waals surface area contributed by atoms with Crippen LogP contribution in [0, 0.1) is 0 Å². The second-order valence-electron chi connectivity index (χ2n) is 6.84. The van der Waals surface area contributed by atoms with Crippen molar-refractivity contribution in [1.29, 1.82) is 0 Å². The zero-order valence-electron chi connectivity index (χ0n) is 14.6. The number of carbonyl (C=O) groups is 2. The number of anilines is 1. The zero-order valence-corrected chi connectivity index (χ0v) is 16.9. The van der Waals surface area contributed by atoms with Crippen molar-refractivity contribution < 1.29 is 9.59 Å². The smallest absolute Gasteiger partial charge is 0.249 e. The van der Waals surface area contributed by atoms with Gasteiger partial charge in [-0.05, 0) is 25.0 Å². The number of benzene rings is 1. The monoisotopic (exact) mass is 424 g/mol. The number of hydrogen-bond acceptors (Lipinski definition) is 4. The van der Waals surface area contributed by atoms with E-state index in [-0.39, 0.29) is 16.7 Å². The maximum atomic E-state index is 12.9. The predicted octanol–water partition coefficient (Wildman–Crippen LogP) is 3.63. The van der Waals surface area contributed by atoms with Crippen LogP contribution in [0.4, 0.5) is 5.82 Å².